The topological polar surface area (TPSA) is 87.7 Å². The Labute approximate surface area is 213 Å². The minimum atomic E-state index is -0.720. The SMILES string of the molecule is CC(C)(C)OC(=O)N1CC(NC(=O)CCCc2ccccc2)C[C@H]1C(=O)Nc1ccc2c(c1)CCC2. The number of benzene rings is 2. The predicted octanol–water partition coefficient (Wildman–Crippen LogP) is 4.63. The van der Waals surface area contributed by atoms with Gasteiger partial charge in [0.05, 0.1) is 0 Å². The number of ether oxygens (including phenoxy) is 1. The highest BCUT2D eigenvalue weighted by atomic mass is 16.6. The van der Waals surface area contributed by atoms with Gasteiger partial charge in [-0.2, -0.15) is 0 Å². The van der Waals surface area contributed by atoms with Crippen LogP contribution in [0.4, 0.5) is 10.5 Å². The number of amides is 3. The number of carbonyl (C=O) groups is 3. The number of nitrogens with one attached hydrogen (secondary N) is 2. The Morgan fingerprint density at radius 1 is 1.03 bits per heavy atom. The highest BCUT2D eigenvalue weighted by Gasteiger charge is 2.42. The van der Waals surface area contributed by atoms with Gasteiger partial charge in [-0.25, -0.2) is 4.79 Å². The Morgan fingerprint density at radius 3 is 2.53 bits per heavy atom. The van der Waals surface area contributed by atoms with Gasteiger partial charge in [-0.3, -0.25) is 14.5 Å². The summed E-state index contributed by atoms with van der Waals surface area (Å²) in [5.41, 5.74) is 3.85. The summed E-state index contributed by atoms with van der Waals surface area (Å²) in [6.07, 6.45) is 4.99. The molecule has 0 spiro atoms. The van der Waals surface area contributed by atoms with Crippen LogP contribution in [-0.4, -0.2) is 47.0 Å². The largest absolute Gasteiger partial charge is 0.444 e. The number of anilines is 1. The van der Waals surface area contributed by atoms with Gasteiger partial charge in [0.25, 0.3) is 0 Å². The molecule has 2 aliphatic rings. The van der Waals surface area contributed by atoms with Crippen LogP contribution in [0.15, 0.2) is 48.5 Å². The first-order valence-corrected chi connectivity index (χ1v) is 12.9. The Bertz CT molecular complexity index is 1090. The van der Waals surface area contributed by atoms with E-state index in [1.165, 1.54) is 21.6 Å². The van der Waals surface area contributed by atoms with Crippen LogP contribution in [0.25, 0.3) is 0 Å². The predicted molar refractivity (Wildman–Crippen MR) is 140 cm³/mol. The van der Waals surface area contributed by atoms with Gasteiger partial charge in [0.2, 0.25) is 11.8 Å². The van der Waals surface area contributed by atoms with E-state index in [9.17, 15) is 14.4 Å². The lowest BCUT2D eigenvalue weighted by Crippen LogP contribution is -2.45. The van der Waals surface area contributed by atoms with Crippen molar-refractivity contribution in [3.05, 3.63) is 65.2 Å². The van der Waals surface area contributed by atoms with E-state index in [1.54, 1.807) is 20.8 Å². The second-order valence-electron chi connectivity index (χ2n) is 10.8. The van der Waals surface area contributed by atoms with Gasteiger partial charge in [0, 0.05) is 24.7 Å². The average molecular weight is 492 g/mol. The number of likely N-dealkylation sites (tertiary alicyclic amines) is 1. The smallest absolute Gasteiger partial charge is 0.411 e. The van der Waals surface area contributed by atoms with Crippen molar-refractivity contribution in [3.8, 4) is 0 Å². The second kappa shape index (κ2) is 11.1. The maximum atomic E-state index is 13.3. The lowest BCUT2D eigenvalue weighted by molar-refractivity contribution is -0.122. The van der Waals surface area contributed by atoms with Crippen LogP contribution in [-0.2, 0) is 33.6 Å². The molecule has 0 aromatic heterocycles. The van der Waals surface area contributed by atoms with Crippen LogP contribution >= 0.6 is 0 Å². The highest BCUT2D eigenvalue weighted by Crippen LogP contribution is 2.27. The van der Waals surface area contributed by atoms with Gasteiger partial charge in [0.15, 0.2) is 0 Å². The molecule has 1 unspecified atom stereocenters. The number of aryl methyl sites for hydroxylation is 3. The minimum absolute atomic E-state index is 0.0697. The lowest BCUT2D eigenvalue weighted by atomic mass is 10.1. The Hall–Kier alpha value is -3.35. The van der Waals surface area contributed by atoms with Crippen molar-refractivity contribution in [2.24, 2.45) is 0 Å². The van der Waals surface area contributed by atoms with E-state index >= 15 is 0 Å². The Kier molecular flexibility index (Phi) is 7.97. The zero-order valence-corrected chi connectivity index (χ0v) is 21.5. The molecule has 2 N–H and O–H groups in total. The zero-order valence-electron chi connectivity index (χ0n) is 21.5. The molecule has 3 amide bonds. The molecule has 0 saturated carbocycles. The van der Waals surface area contributed by atoms with E-state index < -0.39 is 17.7 Å². The molecule has 2 atom stereocenters. The molecule has 7 nitrogen and oxygen atoms in total. The number of fused-ring (bicyclic) bond motifs is 1. The van der Waals surface area contributed by atoms with Crippen molar-refractivity contribution in [2.75, 3.05) is 11.9 Å². The molecule has 0 bridgehead atoms. The summed E-state index contributed by atoms with van der Waals surface area (Å²) in [6, 6.07) is 15.1. The first-order valence-electron chi connectivity index (χ1n) is 12.9. The highest BCUT2D eigenvalue weighted by molar-refractivity contribution is 5.97. The third-order valence-corrected chi connectivity index (χ3v) is 6.67. The Balaban J connectivity index is 1.37. The van der Waals surface area contributed by atoms with Crippen LogP contribution in [0.5, 0.6) is 0 Å². The van der Waals surface area contributed by atoms with E-state index in [1.807, 2.05) is 30.3 Å². The lowest BCUT2D eigenvalue weighted by Gasteiger charge is -2.28. The zero-order chi connectivity index (χ0) is 25.7. The number of nitrogens with zero attached hydrogens (tertiary/aromatic N) is 1. The number of hydrogen-bond donors (Lipinski definition) is 2. The fourth-order valence-electron chi connectivity index (χ4n) is 4.98. The van der Waals surface area contributed by atoms with Crippen molar-refractivity contribution in [3.63, 3.8) is 0 Å². The van der Waals surface area contributed by atoms with Crippen molar-refractivity contribution >= 4 is 23.6 Å². The maximum Gasteiger partial charge on any atom is 0.411 e. The van der Waals surface area contributed by atoms with E-state index in [0.717, 1.165) is 37.8 Å². The summed E-state index contributed by atoms with van der Waals surface area (Å²) in [6.45, 7) is 5.63. The molecule has 1 aliphatic heterocycles. The van der Waals surface area contributed by atoms with Gasteiger partial charge >= 0.3 is 6.09 Å². The van der Waals surface area contributed by atoms with Crippen LogP contribution in [0, 0.1) is 0 Å². The number of hydrogen-bond acceptors (Lipinski definition) is 4. The molecule has 1 heterocycles. The summed E-state index contributed by atoms with van der Waals surface area (Å²) in [5.74, 6) is -0.334. The summed E-state index contributed by atoms with van der Waals surface area (Å²) in [7, 11) is 0. The van der Waals surface area contributed by atoms with Crippen LogP contribution in [0.3, 0.4) is 0 Å². The number of rotatable bonds is 7. The standard InChI is InChI=1S/C29H37N3O4/c1-29(2,3)36-28(35)32-19-24(30-26(33)14-7-11-20-9-5-4-6-10-20)18-25(32)27(34)31-23-16-15-21-12-8-13-22(21)17-23/h4-6,9-10,15-17,24-25H,7-8,11-14,18-19H2,1-3H3,(H,30,33)(H,31,34)/t24?,25-/m0/s1. The molecule has 0 radical (unpaired) electrons. The van der Waals surface area contributed by atoms with E-state index in [-0.39, 0.29) is 24.4 Å². The first kappa shape index (κ1) is 25.7. The van der Waals surface area contributed by atoms with E-state index in [2.05, 4.69) is 28.8 Å². The summed E-state index contributed by atoms with van der Waals surface area (Å²) in [5, 5.41) is 6.01. The van der Waals surface area contributed by atoms with E-state index in [0.29, 0.717) is 12.8 Å². The van der Waals surface area contributed by atoms with E-state index in [4.69, 9.17) is 4.74 Å². The molecule has 2 aromatic rings. The van der Waals surface area contributed by atoms with Crippen molar-refractivity contribution in [1.29, 1.82) is 0 Å². The molecule has 1 fully saturated rings. The third-order valence-electron chi connectivity index (χ3n) is 6.67. The summed E-state index contributed by atoms with van der Waals surface area (Å²) >= 11 is 0. The van der Waals surface area contributed by atoms with Gasteiger partial charge in [0.1, 0.15) is 11.6 Å². The summed E-state index contributed by atoms with van der Waals surface area (Å²) in [4.78, 5) is 40.3. The maximum absolute atomic E-state index is 13.3. The monoisotopic (exact) mass is 491 g/mol. The van der Waals surface area contributed by atoms with Gasteiger partial charge in [-0.1, -0.05) is 36.4 Å². The fraction of sp³-hybridized carbons (Fsp3) is 0.483. The quantitative estimate of drug-likeness (QED) is 0.591. The summed E-state index contributed by atoms with van der Waals surface area (Å²) < 4.78 is 5.57. The van der Waals surface area contributed by atoms with Gasteiger partial charge in [-0.15, -0.1) is 0 Å². The van der Waals surface area contributed by atoms with Crippen molar-refractivity contribution in [1.82, 2.24) is 10.2 Å². The normalized spacial score (nSPS) is 19.0. The molecular weight excluding hydrogens is 454 g/mol. The second-order valence-corrected chi connectivity index (χ2v) is 10.8. The van der Waals surface area contributed by atoms with Crippen molar-refractivity contribution < 1.29 is 19.1 Å². The van der Waals surface area contributed by atoms with Gasteiger partial charge in [-0.05, 0) is 88.1 Å². The number of carbonyl (C=O) groups excluding carboxylic acids is 3. The Morgan fingerprint density at radius 2 is 1.78 bits per heavy atom. The molecule has 1 saturated heterocycles. The first-order chi connectivity index (χ1) is 17.2. The van der Waals surface area contributed by atoms with Crippen LogP contribution < -0.4 is 10.6 Å². The molecular formula is C29H37N3O4. The molecule has 36 heavy (non-hydrogen) atoms. The third kappa shape index (κ3) is 6.86. The minimum Gasteiger partial charge on any atom is -0.444 e. The van der Waals surface area contributed by atoms with Crippen LogP contribution in [0.1, 0.15) is 63.1 Å². The molecule has 192 valence electrons. The van der Waals surface area contributed by atoms with Crippen LogP contribution in [0.2, 0.25) is 0 Å². The van der Waals surface area contributed by atoms with Gasteiger partial charge < -0.3 is 15.4 Å². The van der Waals surface area contributed by atoms with Crippen molar-refractivity contribution in [2.45, 2.75) is 83.4 Å². The average Bonchev–Trinajstić information content (AvgIpc) is 3.45. The molecule has 7 heteroatoms. The molecule has 4 rings (SSSR count). The molecule has 2 aromatic carbocycles. The molecule has 1 aliphatic carbocycles. The fourth-order valence-corrected chi connectivity index (χ4v) is 4.98.